The summed E-state index contributed by atoms with van der Waals surface area (Å²) in [6.45, 7) is 8.66. The first kappa shape index (κ1) is 31.7. The first-order valence-electron chi connectivity index (χ1n) is 15.2. The summed E-state index contributed by atoms with van der Waals surface area (Å²) in [5.74, 6) is -0.277. The van der Waals surface area contributed by atoms with Crippen molar-refractivity contribution in [3.63, 3.8) is 0 Å². The molecule has 0 aliphatic carbocycles. The number of rotatable bonds is 10. The number of benzene rings is 1. The van der Waals surface area contributed by atoms with Crippen molar-refractivity contribution in [2.75, 3.05) is 26.2 Å². The summed E-state index contributed by atoms with van der Waals surface area (Å²) in [4.78, 5) is 48.6. The zero-order chi connectivity index (χ0) is 31.5. The summed E-state index contributed by atoms with van der Waals surface area (Å²) < 4.78 is 6.83. The van der Waals surface area contributed by atoms with E-state index in [1.807, 2.05) is 43.6 Å². The summed E-state index contributed by atoms with van der Waals surface area (Å²) in [6, 6.07) is 7.10. The molecule has 5 rings (SSSR count). The summed E-state index contributed by atoms with van der Waals surface area (Å²) in [7, 11) is 0. The number of aryl methyl sites for hydroxylation is 1. The van der Waals surface area contributed by atoms with Gasteiger partial charge >= 0.3 is 6.09 Å². The Morgan fingerprint density at radius 3 is 2.52 bits per heavy atom. The Hall–Kier alpha value is -3.68. The van der Waals surface area contributed by atoms with Crippen molar-refractivity contribution in [1.82, 2.24) is 35.1 Å². The van der Waals surface area contributed by atoms with Gasteiger partial charge in [-0.25, -0.2) is 14.5 Å². The average molecular weight is 624 g/mol. The van der Waals surface area contributed by atoms with Gasteiger partial charge in [-0.05, 0) is 57.1 Å². The molecule has 2 aliphatic heterocycles. The second-order valence-electron chi connectivity index (χ2n) is 12.3. The van der Waals surface area contributed by atoms with Crippen molar-refractivity contribution in [2.45, 2.75) is 77.5 Å². The molecule has 2 aliphatic rings. The summed E-state index contributed by atoms with van der Waals surface area (Å²) in [6.07, 6.45) is 5.67. The van der Waals surface area contributed by atoms with Crippen molar-refractivity contribution in [3.8, 4) is 16.3 Å². The van der Waals surface area contributed by atoms with Crippen molar-refractivity contribution < 1.29 is 24.2 Å². The van der Waals surface area contributed by atoms with Gasteiger partial charge in [0, 0.05) is 25.0 Å². The molecule has 2 saturated heterocycles. The molecule has 13 heteroatoms. The second-order valence-corrected chi connectivity index (χ2v) is 13.1. The quantitative estimate of drug-likeness (QED) is 0.322. The molecule has 2 N–H and O–H groups in total. The van der Waals surface area contributed by atoms with E-state index in [0.717, 1.165) is 41.0 Å². The standard InChI is InChI=1S/C31H41N7O5S/c1-21(23-10-12-24(13-11-23)27-22(2)32-20-44-27)33-28(41)25-9-8-16-37(25)31(19-40,30(3,4)18-39)38-17-26(34-35-38)43-29(42)36-14-6-5-7-15-36/h10-13,17,19-21,25,39H,5-9,14-16,18H2,1-4H3,(H,33,41)/t21-,25-,31+/m0/s1. The lowest BCUT2D eigenvalue weighted by atomic mass is 9.78. The van der Waals surface area contributed by atoms with Crippen LogP contribution in [0.5, 0.6) is 5.88 Å². The smallest absolute Gasteiger partial charge is 0.396 e. The Morgan fingerprint density at radius 1 is 1.16 bits per heavy atom. The van der Waals surface area contributed by atoms with Crippen LogP contribution >= 0.6 is 11.3 Å². The minimum absolute atomic E-state index is 0.0497. The van der Waals surface area contributed by atoms with Gasteiger partial charge in [-0.15, -0.1) is 11.3 Å². The molecule has 3 atom stereocenters. The SMILES string of the molecule is Cc1ncsc1-c1ccc([C@H](C)NC(=O)[C@@H]2CCCN2[C@](C=O)(n2cc(OC(=O)N3CCCCC3)nn2)C(C)(C)CO)cc1. The zero-order valence-corrected chi connectivity index (χ0v) is 26.5. The van der Waals surface area contributed by atoms with Gasteiger partial charge in [0.15, 0.2) is 11.9 Å². The molecule has 0 radical (unpaired) electrons. The molecule has 2 amide bonds. The largest absolute Gasteiger partial charge is 0.416 e. The van der Waals surface area contributed by atoms with Gasteiger partial charge in [-0.2, -0.15) is 0 Å². The Kier molecular flexibility index (Phi) is 9.47. The summed E-state index contributed by atoms with van der Waals surface area (Å²) >= 11 is 1.59. The van der Waals surface area contributed by atoms with Gasteiger partial charge in [0.05, 0.1) is 41.0 Å². The second kappa shape index (κ2) is 13.1. The lowest BCUT2D eigenvalue weighted by Crippen LogP contribution is -2.65. The number of amides is 2. The number of piperidine rings is 1. The number of nitrogens with one attached hydrogen (secondary N) is 1. The monoisotopic (exact) mass is 623 g/mol. The number of carbonyl (C=O) groups excluding carboxylic acids is 3. The van der Waals surface area contributed by atoms with Crippen molar-refractivity contribution in [2.24, 2.45) is 5.41 Å². The first-order chi connectivity index (χ1) is 21.1. The third kappa shape index (κ3) is 6.00. The highest BCUT2D eigenvalue weighted by molar-refractivity contribution is 7.13. The van der Waals surface area contributed by atoms with Crippen LogP contribution in [0, 0.1) is 12.3 Å². The predicted octanol–water partition coefficient (Wildman–Crippen LogP) is 3.91. The number of ether oxygens (including phenoxy) is 1. The van der Waals surface area contributed by atoms with Gasteiger partial charge in [0.1, 0.15) is 0 Å². The Labute approximate surface area is 261 Å². The molecule has 4 heterocycles. The molecule has 0 spiro atoms. The van der Waals surface area contributed by atoms with Crippen LogP contribution in [0.25, 0.3) is 10.4 Å². The first-order valence-corrected chi connectivity index (χ1v) is 16.0. The van der Waals surface area contributed by atoms with E-state index in [-0.39, 0.29) is 24.4 Å². The van der Waals surface area contributed by atoms with E-state index in [0.29, 0.717) is 38.8 Å². The molecule has 2 aromatic heterocycles. The van der Waals surface area contributed by atoms with Crippen LogP contribution in [0.1, 0.15) is 70.2 Å². The maximum atomic E-state index is 13.8. The topological polar surface area (TPSA) is 143 Å². The normalized spacial score (nSPS) is 19.8. The van der Waals surface area contributed by atoms with Gasteiger partial charge in [-0.3, -0.25) is 14.5 Å². The molecule has 44 heavy (non-hydrogen) atoms. The van der Waals surface area contributed by atoms with Gasteiger partial charge < -0.3 is 20.1 Å². The third-order valence-electron chi connectivity index (χ3n) is 8.95. The number of nitrogens with zero attached hydrogens (tertiary/aromatic N) is 6. The fraction of sp³-hybridized carbons (Fsp3) is 0.548. The number of carbonyl (C=O) groups is 3. The van der Waals surface area contributed by atoms with E-state index in [1.165, 1.54) is 10.9 Å². The molecule has 12 nitrogen and oxygen atoms in total. The van der Waals surface area contributed by atoms with E-state index in [4.69, 9.17) is 4.74 Å². The zero-order valence-electron chi connectivity index (χ0n) is 25.7. The molecule has 236 valence electrons. The third-order valence-corrected chi connectivity index (χ3v) is 9.93. The molecular formula is C31H41N7O5S. The fourth-order valence-corrected chi connectivity index (χ4v) is 7.07. The van der Waals surface area contributed by atoms with Crippen molar-refractivity contribution >= 4 is 29.6 Å². The number of aromatic nitrogens is 4. The maximum Gasteiger partial charge on any atom is 0.416 e. The predicted molar refractivity (Wildman–Crippen MR) is 165 cm³/mol. The van der Waals surface area contributed by atoms with Crippen LogP contribution in [0.3, 0.4) is 0 Å². The molecule has 0 saturated carbocycles. The fourth-order valence-electron chi connectivity index (χ4n) is 6.26. The molecular weight excluding hydrogens is 582 g/mol. The Balaban J connectivity index is 1.36. The minimum atomic E-state index is -1.58. The summed E-state index contributed by atoms with van der Waals surface area (Å²) in [5.41, 5.74) is 2.16. The number of likely N-dealkylation sites (tertiary alicyclic amines) is 2. The van der Waals surface area contributed by atoms with Gasteiger partial charge in [0.25, 0.3) is 5.88 Å². The summed E-state index contributed by atoms with van der Waals surface area (Å²) in [5, 5.41) is 21.9. The number of aliphatic hydroxyl groups excluding tert-OH is 1. The van der Waals surface area contributed by atoms with Crippen LogP contribution in [0.4, 0.5) is 4.79 Å². The minimum Gasteiger partial charge on any atom is -0.396 e. The molecule has 1 aromatic carbocycles. The highest BCUT2D eigenvalue weighted by Crippen LogP contribution is 2.43. The number of aliphatic hydroxyl groups is 1. The van der Waals surface area contributed by atoms with Crippen molar-refractivity contribution in [1.29, 1.82) is 0 Å². The van der Waals surface area contributed by atoms with Crippen LogP contribution in [0.15, 0.2) is 36.0 Å². The highest BCUT2D eigenvalue weighted by atomic mass is 32.1. The Bertz CT molecular complexity index is 1470. The van der Waals surface area contributed by atoms with Crippen LogP contribution in [-0.2, 0) is 15.3 Å². The van der Waals surface area contributed by atoms with Crippen LogP contribution in [-0.4, -0.2) is 85.5 Å². The molecule has 2 fully saturated rings. The van der Waals surface area contributed by atoms with E-state index in [1.54, 1.807) is 35.0 Å². The molecule has 0 bridgehead atoms. The average Bonchev–Trinajstić information content (AvgIpc) is 3.80. The number of hydrogen-bond acceptors (Lipinski definition) is 10. The number of thiazole rings is 1. The van der Waals surface area contributed by atoms with E-state index in [2.05, 4.69) is 20.6 Å². The van der Waals surface area contributed by atoms with Gasteiger partial charge in [0.2, 0.25) is 5.91 Å². The number of hydrogen-bond donors (Lipinski definition) is 2. The van der Waals surface area contributed by atoms with Crippen LogP contribution < -0.4 is 10.1 Å². The van der Waals surface area contributed by atoms with E-state index >= 15 is 0 Å². The Morgan fingerprint density at radius 2 is 1.89 bits per heavy atom. The molecule has 0 unspecified atom stereocenters. The lowest BCUT2D eigenvalue weighted by molar-refractivity contribution is -0.155. The van der Waals surface area contributed by atoms with Crippen molar-refractivity contribution in [3.05, 3.63) is 47.2 Å². The van der Waals surface area contributed by atoms with Gasteiger partial charge in [-0.1, -0.05) is 48.4 Å². The van der Waals surface area contributed by atoms with Crippen LogP contribution in [0.2, 0.25) is 0 Å². The molecule has 3 aromatic rings. The van der Waals surface area contributed by atoms with E-state index in [9.17, 15) is 19.5 Å². The van der Waals surface area contributed by atoms with E-state index < -0.39 is 23.2 Å². The maximum absolute atomic E-state index is 13.8. The lowest BCUT2D eigenvalue weighted by Gasteiger charge is -2.49. The highest BCUT2D eigenvalue weighted by Gasteiger charge is 2.56. The number of aldehydes is 1.